The van der Waals surface area contributed by atoms with E-state index in [4.69, 9.17) is 9.97 Å². The highest BCUT2D eigenvalue weighted by Crippen LogP contribution is 2.28. The van der Waals surface area contributed by atoms with Crippen molar-refractivity contribution in [1.82, 2.24) is 24.6 Å². The highest BCUT2D eigenvalue weighted by molar-refractivity contribution is 5.86. The molecule has 0 radical (unpaired) electrons. The molecule has 0 saturated carbocycles. The van der Waals surface area contributed by atoms with Gasteiger partial charge in [-0.2, -0.15) is 5.10 Å². The number of fused-ring (bicyclic) bond motifs is 1. The molecule has 6 heteroatoms. The number of aryl methyl sites for hydroxylation is 1. The Labute approximate surface area is 151 Å². The normalized spacial score (nSPS) is 17.4. The Morgan fingerprint density at radius 3 is 2.52 bits per heavy atom. The Balaban J connectivity index is 1.83. The molecule has 1 fully saturated rings. The van der Waals surface area contributed by atoms with Crippen LogP contribution in [0, 0.1) is 0 Å². The van der Waals surface area contributed by atoms with E-state index in [0.717, 1.165) is 35.6 Å². The minimum absolute atomic E-state index is 0.0864. The molecule has 1 saturated heterocycles. The summed E-state index contributed by atoms with van der Waals surface area (Å²) in [5.41, 5.74) is 0.825. The van der Waals surface area contributed by atoms with Crippen LogP contribution in [0.1, 0.15) is 52.8 Å². The lowest BCUT2D eigenvalue weighted by Crippen LogP contribution is -2.34. The molecular weight excluding hydrogens is 312 g/mol. The molecule has 0 amide bonds. The molecule has 3 rings (SSSR count). The summed E-state index contributed by atoms with van der Waals surface area (Å²) in [6.45, 7) is 12.3. The van der Waals surface area contributed by atoms with E-state index in [0.29, 0.717) is 6.04 Å². The van der Waals surface area contributed by atoms with Gasteiger partial charge in [0.15, 0.2) is 5.65 Å². The third-order valence-corrected chi connectivity index (χ3v) is 5.25. The van der Waals surface area contributed by atoms with Crippen LogP contribution in [0.25, 0.3) is 11.0 Å². The van der Waals surface area contributed by atoms with Crippen LogP contribution >= 0.6 is 0 Å². The Morgan fingerprint density at radius 2 is 1.88 bits per heavy atom. The standard InChI is InChI=1S/C19H32N6/c1-14(25-10-7-8-11-25)9-12-23(5)16-15-13-20-24(6)17(15)22-18(21-16)19(2,3)4/h13-14H,7-12H2,1-6H3/t14-/m1/s1. The summed E-state index contributed by atoms with van der Waals surface area (Å²) in [5.74, 6) is 1.87. The van der Waals surface area contributed by atoms with E-state index in [9.17, 15) is 0 Å². The van der Waals surface area contributed by atoms with Crippen molar-refractivity contribution in [2.75, 3.05) is 31.6 Å². The lowest BCUT2D eigenvalue weighted by molar-refractivity contribution is 0.249. The van der Waals surface area contributed by atoms with Crippen LogP contribution in [-0.2, 0) is 12.5 Å². The quantitative estimate of drug-likeness (QED) is 0.834. The summed E-state index contributed by atoms with van der Waals surface area (Å²) in [6.07, 6.45) is 5.72. The fourth-order valence-corrected chi connectivity index (χ4v) is 3.48. The van der Waals surface area contributed by atoms with Crippen molar-refractivity contribution in [2.24, 2.45) is 7.05 Å². The van der Waals surface area contributed by atoms with Crippen molar-refractivity contribution in [3.05, 3.63) is 12.0 Å². The van der Waals surface area contributed by atoms with Crippen LogP contribution in [0.5, 0.6) is 0 Å². The van der Waals surface area contributed by atoms with Gasteiger partial charge in [0, 0.05) is 32.1 Å². The van der Waals surface area contributed by atoms with Crippen molar-refractivity contribution < 1.29 is 0 Å². The van der Waals surface area contributed by atoms with Crippen LogP contribution in [0.15, 0.2) is 6.20 Å². The number of rotatable bonds is 5. The topological polar surface area (TPSA) is 50.1 Å². The minimum atomic E-state index is -0.0864. The van der Waals surface area contributed by atoms with E-state index in [1.807, 2.05) is 17.9 Å². The number of nitrogens with zero attached hydrogens (tertiary/aromatic N) is 6. The van der Waals surface area contributed by atoms with Crippen molar-refractivity contribution in [2.45, 2.75) is 58.4 Å². The summed E-state index contributed by atoms with van der Waals surface area (Å²) < 4.78 is 1.84. The lowest BCUT2D eigenvalue weighted by atomic mass is 9.95. The number of hydrogen-bond donors (Lipinski definition) is 0. The van der Waals surface area contributed by atoms with Crippen LogP contribution in [0.2, 0.25) is 0 Å². The third kappa shape index (κ3) is 3.78. The first-order chi connectivity index (χ1) is 11.8. The summed E-state index contributed by atoms with van der Waals surface area (Å²) in [4.78, 5) is 14.5. The van der Waals surface area contributed by atoms with Crippen molar-refractivity contribution in [3.8, 4) is 0 Å². The molecule has 138 valence electrons. The molecule has 2 aromatic rings. The van der Waals surface area contributed by atoms with E-state index in [2.05, 4.69) is 49.6 Å². The highest BCUT2D eigenvalue weighted by atomic mass is 15.3. The van der Waals surface area contributed by atoms with Crippen LogP contribution in [0.3, 0.4) is 0 Å². The third-order valence-electron chi connectivity index (χ3n) is 5.25. The number of aromatic nitrogens is 4. The molecule has 0 bridgehead atoms. The fraction of sp³-hybridized carbons (Fsp3) is 0.737. The van der Waals surface area contributed by atoms with Crippen LogP contribution in [-0.4, -0.2) is 57.4 Å². The molecule has 1 atom stereocenters. The SMILES string of the molecule is C[C@H](CCN(C)c1nc(C(C)(C)C)nc2c1cnn2C)N1CCCC1. The van der Waals surface area contributed by atoms with Gasteiger partial charge in [0.05, 0.1) is 11.6 Å². The van der Waals surface area contributed by atoms with Gasteiger partial charge in [-0.3, -0.25) is 4.68 Å². The second-order valence-electron chi connectivity index (χ2n) is 8.43. The molecule has 25 heavy (non-hydrogen) atoms. The monoisotopic (exact) mass is 344 g/mol. The Morgan fingerprint density at radius 1 is 1.20 bits per heavy atom. The largest absolute Gasteiger partial charge is 0.359 e. The van der Waals surface area contributed by atoms with E-state index in [1.165, 1.54) is 25.9 Å². The average Bonchev–Trinajstić information content (AvgIpc) is 3.21. The van der Waals surface area contributed by atoms with Gasteiger partial charge in [0.1, 0.15) is 11.6 Å². The van der Waals surface area contributed by atoms with Crippen LogP contribution < -0.4 is 4.90 Å². The van der Waals surface area contributed by atoms with Gasteiger partial charge in [0.25, 0.3) is 0 Å². The van der Waals surface area contributed by atoms with Crippen molar-refractivity contribution in [1.29, 1.82) is 0 Å². The zero-order valence-electron chi connectivity index (χ0n) is 16.6. The molecule has 2 aromatic heterocycles. The molecule has 0 spiro atoms. The Hall–Kier alpha value is -1.69. The maximum Gasteiger partial charge on any atom is 0.163 e. The predicted octanol–water partition coefficient (Wildman–Crippen LogP) is 2.97. The summed E-state index contributed by atoms with van der Waals surface area (Å²) >= 11 is 0. The molecule has 1 aliphatic heterocycles. The first kappa shape index (κ1) is 18.1. The fourth-order valence-electron chi connectivity index (χ4n) is 3.48. The Kier molecular flexibility index (Phi) is 5.00. The molecular formula is C19H32N6. The maximum absolute atomic E-state index is 4.91. The van der Waals surface area contributed by atoms with Crippen molar-refractivity contribution >= 4 is 16.9 Å². The molecule has 0 N–H and O–H groups in total. The van der Waals surface area contributed by atoms with Gasteiger partial charge < -0.3 is 9.80 Å². The van der Waals surface area contributed by atoms with E-state index >= 15 is 0 Å². The molecule has 3 heterocycles. The summed E-state index contributed by atoms with van der Waals surface area (Å²) in [6, 6.07) is 0.623. The van der Waals surface area contributed by atoms with E-state index in [-0.39, 0.29) is 5.41 Å². The number of likely N-dealkylation sites (tertiary alicyclic amines) is 1. The molecule has 0 aliphatic carbocycles. The van der Waals surface area contributed by atoms with Gasteiger partial charge in [-0.1, -0.05) is 20.8 Å². The first-order valence-electron chi connectivity index (χ1n) is 9.43. The van der Waals surface area contributed by atoms with Gasteiger partial charge in [0.2, 0.25) is 0 Å². The second-order valence-corrected chi connectivity index (χ2v) is 8.43. The van der Waals surface area contributed by atoms with Gasteiger partial charge in [-0.15, -0.1) is 0 Å². The minimum Gasteiger partial charge on any atom is -0.359 e. The molecule has 6 nitrogen and oxygen atoms in total. The van der Waals surface area contributed by atoms with E-state index in [1.54, 1.807) is 0 Å². The van der Waals surface area contributed by atoms with Crippen molar-refractivity contribution in [3.63, 3.8) is 0 Å². The predicted molar refractivity (Wildman–Crippen MR) is 103 cm³/mol. The van der Waals surface area contributed by atoms with E-state index < -0.39 is 0 Å². The van der Waals surface area contributed by atoms with Crippen LogP contribution in [0.4, 0.5) is 5.82 Å². The second kappa shape index (κ2) is 6.90. The average molecular weight is 345 g/mol. The maximum atomic E-state index is 4.91. The smallest absolute Gasteiger partial charge is 0.163 e. The van der Waals surface area contributed by atoms with Gasteiger partial charge >= 0.3 is 0 Å². The molecule has 0 aromatic carbocycles. The summed E-state index contributed by atoms with van der Waals surface area (Å²) in [7, 11) is 4.08. The zero-order valence-corrected chi connectivity index (χ0v) is 16.6. The summed E-state index contributed by atoms with van der Waals surface area (Å²) in [5, 5.41) is 5.43. The van der Waals surface area contributed by atoms with Gasteiger partial charge in [-0.05, 0) is 39.3 Å². The molecule has 0 unspecified atom stereocenters. The highest BCUT2D eigenvalue weighted by Gasteiger charge is 2.23. The lowest BCUT2D eigenvalue weighted by Gasteiger charge is -2.27. The number of hydrogen-bond acceptors (Lipinski definition) is 5. The molecule has 1 aliphatic rings. The number of anilines is 1. The zero-order chi connectivity index (χ0) is 18.2. The Bertz CT molecular complexity index is 723. The first-order valence-corrected chi connectivity index (χ1v) is 9.43. The van der Waals surface area contributed by atoms with Gasteiger partial charge in [-0.25, -0.2) is 9.97 Å².